The molecule has 0 spiro atoms. The van der Waals surface area contributed by atoms with Gasteiger partial charge in [0.2, 0.25) is 11.6 Å². The number of hydrogen-bond acceptors (Lipinski definition) is 4. The maximum absolute atomic E-state index is 12.6. The van der Waals surface area contributed by atoms with E-state index in [2.05, 4.69) is 5.32 Å². The fraction of sp³-hybridized carbons (Fsp3) is 0.333. The third kappa shape index (κ3) is 2.05. The number of benzene rings is 1. The Hall–Kier alpha value is -1.65. The summed E-state index contributed by atoms with van der Waals surface area (Å²) in [6.07, 6.45) is 0. The Morgan fingerprint density at radius 1 is 1.20 bits per heavy atom. The van der Waals surface area contributed by atoms with Crippen molar-refractivity contribution in [2.45, 2.75) is 13.0 Å². The highest BCUT2D eigenvalue weighted by Crippen LogP contribution is 2.30. The first-order valence-corrected chi connectivity index (χ1v) is 7.04. The molecule has 5 heteroatoms. The van der Waals surface area contributed by atoms with Gasteiger partial charge in [-0.05, 0) is 6.92 Å². The van der Waals surface area contributed by atoms with Gasteiger partial charge >= 0.3 is 0 Å². The Labute approximate surface area is 122 Å². The summed E-state index contributed by atoms with van der Waals surface area (Å²) in [4.78, 5) is 26.9. The molecule has 1 aliphatic carbocycles. The number of ketones is 2. The van der Waals surface area contributed by atoms with Crippen LogP contribution in [0.15, 0.2) is 35.0 Å². The second-order valence-corrected chi connectivity index (χ2v) is 5.55. The Balaban J connectivity index is 2.05. The van der Waals surface area contributed by atoms with Gasteiger partial charge in [-0.3, -0.25) is 9.59 Å². The van der Waals surface area contributed by atoms with E-state index >= 15 is 0 Å². The average molecular weight is 291 g/mol. The highest BCUT2D eigenvalue weighted by molar-refractivity contribution is 6.49. The van der Waals surface area contributed by atoms with Crippen LogP contribution in [0, 0.1) is 0 Å². The minimum absolute atomic E-state index is 0.0443. The number of fused-ring (bicyclic) bond motifs is 1. The van der Waals surface area contributed by atoms with E-state index in [-0.39, 0.29) is 22.6 Å². The SMILES string of the molecule is CC1CN(C2=C(Cl)C(=O)c3ccccc3C2=O)CCN1. The van der Waals surface area contributed by atoms with Gasteiger partial charge in [-0.1, -0.05) is 35.9 Å². The van der Waals surface area contributed by atoms with Crippen molar-refractivity contribution < 1.29 is 9.59 Å². The van der Waals surface area contributed by atoms with Crippen molar-refractivity contribution in [1.29, 1.82) is 0 Å². The van der Waals surface area contributed by atoms with Gasteiger partial charge in [-0.25, -0.2) is 0 Å². The van der Waals surface area contributed by atoms with Crippen molar-refractivity contribution in [2.24, 2.45) is 0 Å². The Kier molecular flexibility index (Phi) is 3.36. The molecular weight excluding hydrogens is 276 g/mol. The van der Waals surface area contributed by atoms with Crippen LogP contribution in [0.2, 0.25) is 0 Å². The van der Waals surface area contributed by atoms with E-state index in [0.717, 1.165) is 6.54 Å². The number of rotatable bonds is 1. The second kappa shape index (κ2) is 5.04. The number of halogens is 1. The van der Waals surface area contributed by atoms with Crippen LogP contribution < -0.4 is 5.32 Å². The van der Waals surface area contributed by atoms with Crippen molar-refractivity contribution >= 4 is 23.2 Å². The molecule has 1 aliphatic heterocycles. The third-order valence-corrected chi connectivity index (χ3v) is 4.07. The third-order valence-electron chi connectivity index (χ3n) is 3.72. The molecule has 1 N–H and O–H groups in total. The molecular formula is C15H15ClN2O2. The number of carbonyl (C=O) groups is 2. The van der Waals surface area contributed by atoms with Gasteiger partial charge in [-0.2, -0.15) is 0 Å². The number of nitrogens with zero attached hydrogens (tertiary/aromatic N) is 1. The van der Waals surface area contributed by atoms with E-state index in [1.807, 2.05) is 11.8 Å². The highest BCUT2D eigenvalue weighted by atomic mass is 35.5. The summed E-state index contributed by atoms with van der Waals surface area (Å²) in [5.41, 5.74) is 1.20. The molecule has 1 unspecified atom stereocenters. The van der Waals surface area contributed by atoms with Crippen LogP contribution in [-0.4, -0.2) is 42.1 Å². The Morgan fingerprint density at radius 3 is 2.50 bits per heavy atom. The molecule has 4 nitrogen and oxygen atoms in total. The number of piperazine rings is 1. The van der Waals surface area contributed by atoms with E-state index in [9.17, 15) is 9.59 Å². The zero-order chi connectivity index (χ0) is 14.3. The lowest BCUT2D eigenvalue weighted by Gasteiger charge is -2.36. The molecule has 1 saturated heterocycles. The summed E-state index contributed by atoms with van der Waals surface area (Å²) in [6.45, 7) is 4.17. The van der Waals surface area contributed by atoms with Gasteiger partial charge in [0.05, 0.1) is 0 Å². The standard InChI is InChI=1S/C15H15ClN2O2/c1-9-8-18(7-6-17-9)13-12(16)14(19)10-4-2-3-5-11(10)15(13)20/h2-5,9,17H,6-8H2,1H3. The molecule has 1 heterocycles. The smallest absolute Gasteiger partial charge is 0.211 e. The largest absolute Gasteiger partial charge is 0.364 e. The van der Waals surface area contributed by atoms with E-state index in [0.29, 0.717) is 29.9 Å². The van der Waals surface area contributed by atoms with Crippen LogP contribution in [0.5, 0.6) is 0 Å². The first-order valence-electron chi connectivity index (χ1n) is 6.66. The molecule has 1 aromatic carbocycles. The fourth-order valence-corrected chi connectivity index (χ4v) is 3.06. The lowest BCUT2D eigenvalue weighted by Crippen LogP contribution is -2.50. The van der Waals surface area contributed by atoms with Gasteiger partial charge in [0.15, 0.2) is 0 Å². The lowest BCUT2D eigenvalue weighted by atomic mass is 9.91. The molecule has 2 aliphatic rings. The molecule has 1 atom stereocenters. The van der Waals surface area contributed by atoms with Crippen LogP contribution in [0.25, 0.3) is 0 Å². The Morgan fingerprint density at radius 2 is 1.85 bits per heavy atom. The molecule has 0 bridgehead atoms. The molecule has 20 heavy (non-hydrogen) atoms. The van der Waals surface area contributed by atoms with Crippen molar-refractivity contribution in [2.75, 3.05) is 19.6 Å². The van der Waals surface area contributed by atoms with E-state index in [4.69, 9.17) is 11.6 Å². The van der Waals surface area contributed by atoms with Gasteiger partial charge in [-0.15, -0.1) is 0 Å². The maximum Gasteiger partial charge on any atom is 0.211 e. The molecule has 3 rings (SSSR count). The fourth-order valence-electron chi connectivity index (χ4n) is 2.75. The molecule has 0 radical (unpaired) electrons. The van der Waals surface area contributed by atoms with Crippen molar-refractivity contribution in [3.8, 4) is 0 Å². The molecule has 104 valence electrons. The van der Waals surface area contributed by atoms with Gasteiger partial charge in [0, 0.05) is 36.8 Å². The Bertz CT molecular complexity index is 624. The summed E-state index contributed by atoms with van der Waals surface area (Å²) in [5.74, 6) is -0.414. The molecule has 1 fully saturated rings. The monoisotopic (exact) mass is 290 g/mol. The maximum atomic E-state index is 12.6. The second-order valence-electron chi connectivity index (χ2n) is 5.17. The van der Waals surface area contributed by atoms with Crippen LogP contribution in [0.3, 0.4) is 0 Å². The number of Topliss-reactive ketones (excluding diaryl/α,β-unsaturated/α-hetero) is 2. The van der Waals surface area contributed by atoms with Crippen LogP contribution in [-0.2, 0) is 0 Å². The summed E-state index contributed by atoms with van der Waals surface area (Å²) in [5, 5.41) is 3.35. The van der Waals surface area contributed by atoms with Crippen LogP contribution in [0.4, 0.5) is 0 Å². The lowest BCUT2D eigenvalue weighted by molar-refractivity contribution is 0.0936. The zero-order valence-electron chi connectivity index (χ0n) is 11.1. The first-order chi connectivity index (χ1) is 9.59. The van der Waals surface area contributed by atoms with Gasteiger partial charge in [0.1, 0.15) is 10.7 Å². The summed E-state index contributed by atoms with van der Waals surface area (Å²) in [6, 6.07) is 7.10. The minimum Gasteiger partial charge on any atom is -0.364 e. The molecule has 1 aromatic rings. The minimum atomic E-state index is -0.261. The number of nitrogens with one attached hydrogen (secondary N) is 1. The molecule has 0 amide bonds. The summed E-state index contributed by atoms with van der Waals surface area (Å²) >= 11 is 6.18. The van der Waals surface area contributed by atoms with E-state index < -0.39 is 0 Å². The highest BCUT2D eigenvalue weighted by Gasteiger charge is 2.35. The van der Waals surface area contributed by atoms with E-state index in [1.54, 1.807) is 24.3 Å². The summed E-state index contributed by atoms with van der Waals surface area (Å²) in [7, 11) is 0. The predicted molar refractivity (Wildman–Crippen MR) is 77.0 cm³/mol. The van der Waals surface area contributed by atoms with Crippen molar-refractivity contribution in [3.63, 3.8) is 0 Å². The quantitative estimate of drug-likeness (QED) is 0.857. The summed E-state index contributed by atoms with van der Waals surface area (Å²) < 4.78 is 0. The number of carbonyl (C=O) groups excluding carboxylic acids is 2. The first kappa shape index (κ1) is 13.3. The zero-order valence-corrected chi connectivity index (χ0v) is 11.9. The van der Waals surface area contributed by atoms with Crippen molar-refractivity contribution in [1.82, 2.24) is 10.2 Å². The molecule has 0 saturated carbocycles. The number of allylic oxidation sites excluding steroid dienone is 2. The van der Waals surface area contributed by atoms with Crippen LogP contribution >= 0.6 is 11.6 Å². The molecule has 0 aromatic heterocycles. The normalized spacial score (nSPS) is 23.1. The average Bonchev–Trinajstić information content (AvgIpc) is 2.45. The van der Waals surface area contributed by atoms with Crippen LogP contribution in [0.1, 0.15) is 27.6 Å². The topological polar surface area (TPSA) is 49.4 Å². The predicted octanol–water partition coefficient (Wildman–Crippen LogP) is 1.81. The van der Waals surface area contributed by atoms with Crippen molar-refractivity contribution in [3.05, 3.63) is 46.1 Å². The van der Waals surface area contributed by atoms with Gasteiger partial charge in [0.25, 0.3) is 0 Å². The van der Waals surface area contributed by atoms with E-state index in [1.165, 1.54) is 0 Å². The van der Waals surface area contributed by atoms with Gasteiger partial charge < -0.3 is 10.2 Å². The number of hydrogen-bond donors (Lipinski definition) is 1.